The second-order valence-electron chi connectivity index (χ2n) is 8.22. The summed E-state index contributed by atoms with van der Waals surface area (Å²) >= 11 is 0. The molecule has 1 aliphatic heterocycles. The zero-order chi connectivity index (χ0) is 20.5. The summed E-state index contributed by atoms with van der Waals surface area (Å²) in [6.45, 7) is 7.22. The molecule has 2 amide bonds. The van der Waals surface area contributed by atoms with Gasteiger partial charge >= 0.3 is 0 Å². The first kappa shape index (κ1) is 19.2. The number of amides is 2. The van der Waals surface area contributed by atoms with Gasteiger partial charge in [0, 0.05) is 42.3 Å². The van der Waals surface area contributed by atoms with Crippen molar-refractivity contribution < 1.29 is 9.59 Å². The molecule has 2 N–H and O–H groups in total. The van der Waals surface area contributed by atoms with Crippen LogP contribution in [0.5, 0.6) is 0 Å². The number of hydrogen-bond donors (Lipinski definition) is 2. The second-order valence-corrected chi connectivity index (χ2v) is 8.22. The largest absolute Gasteiger partial charge is 0.361 e. The van der Waals surface area contributed by atoms with E-state index in [0.29, 0.717) is 13.1 Å². The highest BCUT2D eigenvalue weighted by Crippen LogP contribution is 2.24. The third-order valence-corrected chi connectivity index (χ3v) is 5.65. The molecule has 0 spiro atoms. The van der Waals surface area contributed by atoms with Crippen LogP contribution >= 0.6 is 0 Å². The van der Waals surface area contributed by atoms with Crippen molar-refractivity contribution in [3.8, 4) is 0 Å². The van der Waals surface area contributed by atoms with Gasteiger partial charge in [0.25, 0.3) is 0 Å². The minimum absolute atomic E-state index is 0.0570. The number of carbonyl (C=O) groups excluding carboxylic acids is 2. The molecule has 1 unspecified atom stereocenters. The van der Waals surface area contributed by atoms with E-state index >= 15 is 0 Å². The Morgan fingerprint density at radius 2 is 1.86 bits per heavy atom. The molecule has 5 nitrogen and oxygen atoms in total. The zero-order valence-electron chi connectivity index (χ0n) is 17.2. The van der Waals surface area contributed by atoms with Crippen molar-refractivity contribution in [3.05, 3.63) is 64.8 Å². The van der Waals surface area contributed by atoms with Crippen molar-refractivity contribution in [3.63, 3.8) is 0 Å². The van der Waals surface area contributed by atoms with Crippen LogP contribution in [0.1, 0.15) is 28.7 Å². The molecular weight excluding hydrogens is 362 g/mol. The Hall–Kier alpha value is -3.08. The SMILES string of the molecule is Cc1cc(C)cc(NC(=O)C2CC(=O)N(CCc3c[nH]c4ccc(C)cc34)C2)c1. The molecule has 0 bridgehead atoms. The van der Waals surface area contributed by atoms with Gasteiger partial charge in [-0.3, -0.25) is 9.59 Å². The molecule has 4 rings (SSSR count). The van der Waals surface area contributed by atoms with Crippen molar-refractivity contribution >= 4 is 28.4 Å². The second kappa shape index (κ2) is 7.74. The van der Waals surface area contributed by atoms with Gasteiger partial charge in [-0.2, -0.15) is 0 Å². The first-order valence-electron chi connectivity index (χ1n) is 10.1. The Balaban J connectivity index is 1.38. The number of nitrogens with zero attached hydrogens (tertiary/aromatic N) is 1. The molecule has 0 saturated carbocycles. The molecule has 2 heterocycles. The van der Waals surface area contributed by atoms with Crippen LogP contribution in [0.3, 0.4) is 0 Å². The van der Waals surface area contributed by atoms with Gasteiger partial charge in [0.1, 0.15) is 0 Å². The van der Waals surface area contributed by atoms with Gasteiger partial charge in [-0.25, -0.2) is 0 Å². The van der Waals surface area contributed by atoms with Gasteiger partial charge in [0.15, 0.2) is 0 Å². The van der Waals surface area contributed by atoms with E-state index in [1.54, 1.807) is 0 Å². The molecule has 1 atom stereocenters. The lowest BCUT2D eigenvalue weighted by Crippen LogP contribution is -2.30. The molecule has 0 radical (unpaired) electrons. The zero-order valence-corrected chi connectivity index (χ0v) is 17.2. The van der Waals surface area contributed by atoms with E-state index in [9.17, 15) is 9.59 Å². The van der Waals surface area contributed by atoms with Crippen LogP contribution in [0.4, 0.5) is 5.69 Å². The maximum Gasteiger partial charge on any atom is 0.229 e. The Bertz CT molecular complexity index is 1060. The third kappa shape index (κ3) is 4.19. The Morgan fingerprint density at radius 1 is 1.10 bits per heavy atom. The fourth-order valence-corrected chi connectivity index (χ4v) is 4.21. The van der Waals surface area contributed by atoms with Crippen LogP contribution in [-0.2, 0) is 16.0 Å². The summed E-state index contributed by atoms with van der Waals surface area (Å²) in [5.41, 5.74) is 6.56. The molecule has 1 fully saturated rings. The number of rotatable bonds is 5. The standard InChI is InChI=1S/C24H27N3O2/c1-15-4-5-22-21(11-15)18(13-25-22)6-7-27-14-19(12-23(27)28)24(29)26-20-9-16(2)8-17(3)10-20/h4-5,8-11,13,19,25H,6-7,12,14H2,1-3H3,(H,26,29). The predicted molar refractivity (Wildman–Crippen MR) is 116 cm³/mol. The topological polar surface area (TPSA) is 65.2 Å². The van der Waals surface area contributed by atoms with Crippen molar-refractivity contribution in [1.82, 2.24) is 9.88 Å². The maximum atomic E-state index is 12.7. The summed E-state index contributed by atoms with van der Waals surface area (Å²) in [5.74, 6) is -0.316. The highest BCUT2D eigenvalue weighted by molar-refractivity contribution is 5.97. The van der Waals surface area contributed by atoms with Crippen LogP contribution in [0, 0.1) is 26.7 Å². The molecule has 150 valence electrons. The molecule has 29 heavy (non-hydrogen) atoms. The van der Waals surface area contributed by atoms with E-state index in [2.05, 4.69) is 41.5 Å². The van der Waals surface area contributed by atoms with E-state index in [4.69, 9.17) is 0 Å². The van der Waals surface area contributed by atoms with E-state index in [1.807, 2.05) is 37.1 Å². The number of aromatic amines is 1. The van der Waals surface area contributed by atoms with Crippen LogP contribution in [0.25, 0.3) is 10.9 Å². The van der Waals surface area contributed by atoms with E-state index in [-0.39, 0.29) is 24.2 Å². The maximum absolute atomic E-state index is 12.7. The van der Waals surface area contributed by atoms with Crippen molar-refractivity contribution in [2.24, 2.45) is 5.92 Å². The number of likely N-dealkylation sites (tertiary alicyclic amines) is 1. The number of carbonyl (C=O) groups is 2. The molecule has 2 aromatic carbocycles. The Morgan fingerprint density at radius 3 is 2.62 bits per heavy atom. The van der Waals surface area contributed by atoms with E-state index in [0.717, 1.165) is 28.8 Å². The van der Waals surface area contributed by atoms with Crippen molar-refractivity contribution in [2.45, 2.75) is 33.6 Å². The fraction of sp³-hybridized carbons (Fsp3) is 0.333. The van der Waals surface area contributed by atoms with E-state index in [1.165, 1.54) is 16.5 Å². The summed E-state index contributed by atoms with van der Waals surface area (Å²) < 4.78 is 0. The highest BCUT2D eigenvalue weighted by Gasteiger charge is 2.34. The molecule has 3 aromatic rings. The van der Waals surface area contributed by atoms with Crippen LogP contribution in [-0.4, -0.2) is 34.8 Å². The molecule has 1 aromatic heterocycles. The third-order valence-electron chi connectivity index (χ3n) is 5.65. The summed E-state index contributed by atoms with van der Waals surface area (Å²) in [4.78, 5) is 30.3. The van der Waals surface area contributed by atoms with Gasteiger partial charge in [-0.1, -0.05) is 17.7 Å². The lowest BCUT2D eigenvalue weighted by molar-refractivity contribution is -0.128. The predicted octanol–water partition coefficient (Wildman–Crippen LogP) is 4.12. The smallest absolute Gasteiger partial charge is 0.229 e. The lowest BCUT2D eigenvalue weighted by Gasteiger charge is -2.16. The highest BCUT2D eigenvalue weighted by atomic mass is 16.2. The Labute approximate surface area is 171 Å². The Kier molecular flexibility index (Phi) is 5.14. The molecule has 1 saturated heterocycles. The van der Waals surface area contributed by atoms with Crippen molar-refractivity contribution in [2.75, 3.05) is 18.4 Å². The normalized spacial score (nSPS) is 16.6. The monoisotopic (exact) mass is 389 g/mol. The van der Waals surface area contributed by atoms with Crippen molar-refractivity contribution in [1.29, 1.82) is 0 Å². The number of nitrogens with one attached hydrogen (secondary N) is 2. The first-order valence-corrected chi connectivity index (χ1v) is 10.1. The molecular formula is C24H27N3O2. The summed E-state index contributed by atoms with van der Waals surface area (Å²) in [5, 5.41) is 4.19. The minimum atomic E-state index is -0.298. The number of benzene rings is 2. The molecule has 5 heteroatoms. The summed E-state index contributed by atoms with van der Waals surface area (Å²) in [7, 11) is 0. The quantitative estimate of drug-likeness (QED) is 0.689. The number of hydrogen-bond acceptors (Lipinski definition) is 2. The first-order chi connectivity index (χ1) is 13.9. The number of fused-ring (bicyclic) bond motifs is 1. The summed E-state index contributed by atoms with van der Waals surface area (Å²) in [6.07, 6.45) is 3.08. The average molecular weight is 389 g/mol. The van der Waals surface area contributed by atoms with E-state index < -0.39 is 0 Å². The van der Waals surface area contributed by atoms with Gasteiger partial charge in [-0.05, 0) is 68.1 Å². The van der Waals surface area contributed by atoms with Crippen LogP contribution in [0.2, 0.25) is 0 Å². The van der Waals surface area contributed by atoms with Gasteiger partial charge < -0.3 is 15.2 Å². The molecule has 0 aliphatic carbocycles. The van der Waals surface area contributed by atoms with Crippen LogP contribution in [0.15, 0.2) is 42.6 Å². The fourth-order valence-electron chi connectivity index (χ4n) is 4.21. The summed E-state index contributed by atoms with van der Waals surface area (Å²) in [6, 6.07) is 12.3. The van der Waals surface area contributed by atoms with Gasteiger partial charge in [0.05, 0.1) is 5.92 Å². The van der Waals surface area contributed by atoms with Gasteiger partial charge in [0.2, 0.25) is 11.8 Å². The van der Waals surface area contributed by atoms with Crippen LogP contribution < -0.4 is 5.32 Å². The minimum Gasteiger partial charge on any atom is -0.361 e. The number of anilines is 1. The average Bonchev–Trinajstić information content (AvgIpc) is 3.22. The lowest BCUT2D eigenvalue weighted by atomic mass is 10.1. The molecule has 1 aliphatic rings. The number of H-pyrrole nitrogens is 1. The number of aryl methyl sites for hydroxylation is 3. The van der Waals surface area contributed by atoms with Gasteiger partial charge in [-0.15, -0.1) is 0 Å². The number of aromatic nitrogens is 1.